The molecule has 0 saturated carbocycles. The van der Waals surface area contributed by atoms with Gasteiger partial charge in [0.05, 0.1) is 11.8 Å². The fraction of sp³-hybridized carbons (Fsp3) is 0.0667. The predicted octanol–water partition coefficient (Wildman–Crippen LogP) is 6.11. The van der Waals surface area contributed by atoms with Gasteiger partial charge in [-0.25, -0.2) is 14.5 Å². The van der Waals surface area contributed by atoms with E-state index in [0.29, 0.717) is 17.4 Å². The minimum atomic E-state index is -0.116. The highest BCUT2D eigenvalue weighted by Crippen LogP contribution is 2.50. The van der Waals surface area contributed by atoms with Crippen LogP contribution in [0.5, 0.6) is 11.6 Å². The first-order valence-electron chi connectivity index (χ1n) is 12.0. The average molecular weight is 484 g/mol. The summed E-state index contributed by atoms with van der Waals surface area (Å²) in [6.07, 6.45) is 3.30. The number of oxime groups is 1. The van der Waals surface area contributed by atoms with Crippen molar-refractivity contribution in [3.05, 3.63) is 131 Å². The first-order chi connectivity index (χ1) is 18.3. The van der Waals surface area contributed by atoms with E-state index < -0.39 is 0 Å². The average Bonchev–Trinajstić information content (AvgIpc) is 3.38. The molecule has 4 aromatic carbocycles. The molecule has 1 aliphatic heterocycles. The monoisotopic (exact) mass is 483 g/mol. The summed E-state index contributed by atoms with van der Waals surface area (Å²) in [7, 11) is 0. The van der Waals surface area contributed by atoms with Crippen molar-refractivity contribution in [3.63, 3.8) is 0 Å². The van der Waals surface area contributed by atoms with E-state index in [-0.39, 0.29) is 12.5 Å². The van der Waals surface area contributed by atoms with Crippen molar-refractivity contribution in [1.29, 1.82) is 0 Å². The summed E-state index contributed by atoms with van der Waals surface area (Å²) in [5, 5.41) is 10.8. The molecule has 1 atom stereocenters. The second-order valence-electron chi connectivity index (χ2n) is 8.83. The van der Waals surface area contributed by atoms with E-state index in [2.05, 4.69) is 51.6 Å². The number of aromatic nitrogens is 4. The molecule has 0 aliphatic carbocycles. The van der Waals surface area contributed by atoms with E-state index in [1.165, 1.54) is 0 Å². The van der Waals surface area contributed by atoms with Crippen LogP contribution in [0.15, 0.2) is 109 Å². The van der Waals surface area contributed by atoms with Gasteiger partial charge < -0.3 is 9.57 Å². The summed E-state index contributed by atoms with van der Waals surface area (Å²) in [5.41, 5.74) is 4.72. The number of hydrogen-bond acceptors (Lipinski definition) is 6. The SMILES string of the molecule is C(=NOCc1nc2c3c(ncn2n1)Oc1c(ccc2ccccc12)C3c1ccccc1)c1ccccc1. The maximum atomic E-state index is 6.46. The van der Waals surface area contributed by atoms with Crippen LogP contribution in [0.3, 0.4) is 0 Å². The molecule has 2 aromatic heterocycles. The van der Waals surface area contributed by atoms with Crippen LogP contribution in [0, 0.1) is 0 Å². The summed E-state index contributed by atoms with van der Waals surface area (Å²) >= 11 is 0. The van der Waals surface area contributed by atoms with Gasteiger partial charge in [-0.2, -0.15) is 0 Å². The van der Waals surface area contributed by atoms with Crippen molar-refractivity contribution in [2.24, 2.45) is 5.16 Å². The standard InChI is InChI=1S/C30H21N5O2/c1-3-9-20(10-4-1)17-32-36-18-25-33-29-27-26(22-12-5-2-6-13-22)24-16-15-21-11-7-8-14-23(21)28(24)37-30(27)31-19-35(29)34-25/h1-17,19,26H,18H2. The van der Waals surface area contributed by atoms with Gasteiger partial charge in [-0.3, -0.25) is 0 Å². The highest BCUT2D eigenvalue weighted by Gasteiger charge is 2.34. The maximum Gasteiger partial charge on any atom is 0.228 e. The molecule has 0 N–H and O–H groups in total. The van der Waals surface area contributed by atoms with Gasteiger partial charge in [0.2, 0.25) is 5.88 Å². The van der Waals surface area contributed by atoms with Crippen LogP contribution in [0.2, 0.25) is 0 Å². The third kappa shape index (κ3) is 3.77. The molecule has 0 bridgehead atoms. The predicted molar refractivity (Wildman–Crippen MR) is 141 cm³/mol. The number of nitrogens with zero attached hydrogens (tertiary/aromatic N) is 5. The molecule has 0 saturated heterocycles. The largest absolute Gasteiger partial charge is 0.438 e. The highest BCUT2D eigenvalue weighted by molar-refractivity contribution is 5.91. The minimum absolute atomic E-state index is 0.116. The lowest BCUT2D eigenvalue weighted by Gasteiger charge is -2.28. The fourth-order valence-corrected chi connectivity index (χ4v) is 4.88. The van der Waals surface area contributed by atoms with Gasteiger partial charge in [-0.05, 0) is 16.5 Å². The quantitative estimate of drug-likeness (QED) is 0.218. The number of ether oxygens (including phenoxy) is 1. The van der Waals surface area contributed by atoms with Crippen LogP contribution in [0.1, 0.15) is 34.0 Å². The number of benzene rings is 4. The van der Waals surface area contributed by atoms with Crippen molar-refractivity contribution in [3.8, 4) is 11.6 Å². The molecule has 6 aromatic rings. The number of fused-ring (bicyclic) bond motifs is 6. The Labute approximate surface area is 212 Å². The lowest BCUT2D eigenvalue weighted by atomic mass is 9.83. The van der Waals surface area contributed by atoms with Gasteiger partial charge in [0.25, 0.3) is 0 Å². The van der Waals surface area contributed by atoms with E-state index in [0.717, 1.165) is 38.8 Å². The Bertz CT molecular complexity index is 1760. The Morgan fingerprint density at radius 2 is 1.68 bits per heavy atom. The van der Waals surface area contributed by atoms with Crippen LogP contribution >= 0.6 is 0 Å². The first kappa shape index (κ1) is 21.3. The zero-order chi connectivity index (χ0) is 24.6. The molecule has 7 heteroatoms. The summed E-state index contributed by atoms with van der Waals surface area (Å²) in [5.74, 6) is 1.76. The molecule has 7 nitrogen and oxygen atoms in total. The number of hydrogen-bond donors (Lipinski definition) is 0. The van der Waals surface area contributed by atoms with E-state index in [4.69, 9.17) is 14.6 Å². The minimum Gasteiger partial charge on any atom is -0.438 e. The molecule has 7 rings (SSSR count). The van der Waals surface area contributed by atoms with Gasteiger partial charge in [-0.1, -0.05) is 102 Å². The second-order valence-corrected chi connectivity index (χ2v) is 8.83. The van der Waals surface area contributed by atoms with Gasteiger partial charge in [0, 0.05) is 16.9 Å². The lowest BCUT2D eigenvalue weighted by Crippen LogP contribution is -2.15. The molecule has 0 spiro atoms. The second kappa shape index (κ2) is 8.87. The van der Waals surface area contributed by atoms with Gasteiger partial charge in [-0.15, -0.1) is 5.10 Å². The molecular weight excluding hydrogens is 462 g/mol. The molecule has 1 unspecified atom stereocenters. The first-order valence-corrected chi connectivity index (χ1v) is 12.0. The molecule has 0 fully saturated rings. The van der Waals surface area contributed by atoms with Crippen molar-refractivity contribution < 1.29 is 9.57 Å². The van der Waals surface area contributed by atoms with Crippen LogP contribution < -0.4 is 4.74 Å². The zero-order valence-corrected chi connectivity index (χ0v) is 19.7. The molecule has 3 heterocycles. The van der Waals surface area contributed by atoms with Gasteiger partial charge in [0.1, 0.15) is 12.1 Å². The van der Waals surface area contributed by atoms with Gasteiger partial charge in [0.15, 0.2) is 18.1 Å². The zero-order valence-electron chi connectivity index (χ0n) is 19.7. The Morgan fingerprint density at radius 1 is 0.892 bits per heavy atom. The fourth-order valence-electron chi connectivity index (χ4n) is 4.88. The summed E-state index contributed by atoms with van der Waals surface area (Å²) < 4.78 is 8.14. The van der Waals surface area contributed by atoms with Crippen molar-refractivity contribution >= 4 is 22.6 Å². The molecule has 1 aliphatic rings. The molecule has 0 radical (unpaired) electrons. The molecule has 178 valence electrons. The Hall–Kier alpha value is -5.04. The van der Waals surface area contributed by atoms with E-state index >= 15 is 0 Å². The lowest BCUT2D eigenvalue weighted by molar-refractivity contribution is 0.126. The Morgan fingerprint density at radius 3 is 2.54 bits per heavy atom. The van der Waals surface area contributed by atoms with Crippen LogP contribution in [-0.2, 0) is 11.4 Å². The number of rotatable bonds is 5. The van der Waals surface area contributed by atoms with Crippen LogP contribution in [0.4, 0.5) is 0 Å². The summed E-state index contributed by atoms with van der Waals surface area (Å²) in [6.45, 7) is 0.137. The summed E-state index contributed by atoms with van der Waals surface area (Å²) in [6, 6.07) is 32.7. The smallest absolute Gasteiger partial charge is 0.228 e. The Balaban J connectivity index is 1.31. The molecule has 37 heavy (non-hydrogen) atoms. The van der Waals surface area contributed by atoms with Crippen molar-refractivity contribution in [2.45, 2.75) is 12.5 Å². The third-order valence-corrected chi connectivity index (χ3v) is 6.54. The maximum absolute atomic E-state index is 6.46. The summed E-state index contributed by atoms with van der Waals surface area (Å²) in [4.78, 5) is 15.0. The van der Waals surface area contributed by atoms with Crippen LogP contribution in [-0.4, -0.2) is 25.8 Å². The van der Waals surface area contributed by atoms with E-state index in [1.54, 1.807) is 17.1 Å². The normalized spacial score (nSPS) is 14.4. The van der Waals surface area contributed by atoms with E-state index in [9.17, 15) is 0 Å². The van der Waals surface area contributed by atoms with Crippen molar-refractivity contribution in [2.75, 3.05) is 0 Å². The topological polar surface area (TPSA) is 73.9 Å². The van der Waals surface area contributed by atoms with Gasteiger partial charge >= 0.3 is 0 Å². The molecular formula is C30H21N5O2. The third-order valence-electron chi connectivity index (χ3n) is 6.54. The Kier molecular flexibility index (Phi) is 5.10. The van der Waals surface area contributed by atoms with E-state index in [1.807, 2.05) is 60.7 Å². The highest BCUT2D eigenvalue weighted by atomic mass is 16.6. The molecule has 0 amide bonds. The van der Waals surface area contributed by atoms with Crippen LogP contribution in [0.25, 0.3) is 16.4 Å². The van der Waals surface area contributed by atoms with Crippen molar-refractivity contribution in [1.82, 2.24) is 19.6 Å².